The van der Waals surface area contributed by atoms with E-state index >= 15 is 0 Å². The number of halogens is 2. The molecule has 1 atom stereocenters. The molecule has 1 aromatic carbocycles. The molecule has 0 aromatic heterocycles. The van der Waals surface area contributed by atoms with Gasteiger partial charge in [-0.15, -0.1) is 0 Å². The Morgan fingerprint density at radius 1 is 1.57 bits per heavy atom. The number of hydrogen-bond acceptors (Lipinski definition) is 1. The first-order chi connectivity index (χ1) is 6.50. The molecule has 0 aliphatic heterocycles. The fourth-order valence-corrected chi connectivity index (χ4v) is 1.08. The zero-order chi connectivity index (χ0) is 10.7. The molecule has 1 amide bonds. The molecule has 0 spiro atoms. The van der Waals surface area contributed by atoms with Gasteiger partial charge in [0.1, 0.15) is 5.82 Å². The van der Waals surface area contributed by atoms with Crippen molar-refractivity contribution >= 4 is 27.5 Å². The van der Waals surface area contributed by atoms with Gasteiger partial charge >= 0.3 is 0 Å². The Morgan fingerprint density at radius 3 is 2.79 bits per heavy atom. The molecule has 0 fully saturated rings. The first-order valence-electron chi connectivity index (χ1n) is 4.22. The van der Waals surface area contributed by atoms with E-state index in [-0.39, 0.29) is 16.6 Å². The van der Waals surface area contributed by atoms with E-state index in [9.17, 15) is 9.18 Å². The summed E-state index contributed by atoms with van der Waals surface area (Å²) in [4.78, 5) is 11.0. The summed E-state index contributed by atoms with van der Waals surface area (Å²) in [5.41, 5.74) is 1.36. The molecular weight excluding hydrogens is 249 g/mol. The highest BCUT2D eigenvalue weighted by Gasteiger charge is 2.10. The zero-order valence-electron chi connectivity index (χ0n) is 7.97. The van der Waals surface area contributed by atoms with Crippen LogP contribution in [0.5, 0.6) is 0 Å². The maximum absolute atomic E-state index is 12.8. The highest BCUT2D eigenvalue weighted by molar-refractivity contribution is 9.10. The van der Waals surface area contributed by atoms with Gasteiger partial charge in [0, 0.05) is 5.69 Å². The summed E-state index contributed by atoms with van der Waals surface area (Å²) in [6.45, 7) is 3.53. The smallest absolute Gasteiger partial charge is 0.237 e. The van der Waals surface area contributed by atoms with E-state index in [0.29, 0.717) is 5.69 Å². The molecule has 0 saturated heterocycles. The lowest BCUT2D eigenvalue weighted by Gasteiger charge is -2.09. The topological polar surface area (TPSA) is 29.1 Å². The first-order valence-corrected chi connectivity index (χ1v) is 5.13. The molecule has 1 N–H and O–H groups in total. The number of alkyl halides is 1. The van der Waals surface area contributed by atoms with Crippen LogP contribution in [0.15, 0.2) is 18.2 Å². The number of aryl methyl sites for hydroxylation is 1. The van der Waals surface area contributed by atoms with Crippen molar-refractivity contribution in [2.45, 2.75) is 18.7 Å². The third kappa shape index (κ3) is 2.80. The van der Waals surface area contributed by atoms with Crippen LogP contribution in [0.1, 0.15) is 12.5 Å². The van der Waals surface area contributed by atoms with Crippen LogP contribution in [-0.2, 0) is 4.79 Å². The van der Waals surface area contributed by atoms with Crippen molar-refractivity contribution in [3.8, 4) is 0 Å². The number of rotatable bonds is 2. The second-order valence-electron chi connectivity index (χ2n) is 3.06. The number of carbonyl (C=O) groups is 1. The van der Waals surface area contributed by atoms with Crippen molar-refractivity contribution in [2.75, 3.05) is 5.32 Å². The average molecular weight is 260 g/mol. The maximum Gasteiger partial charge on any atom is 0.237 e. The third-order valence-electron chi connectivity index (χ3n) is 1.82. The van der Waals surface area contributed by atoms with E-state index in [0.717, 1.165) is 5.56 Å². The fourth-order valence-electron chi connectivity index (χ4n) is 0.961. The van der Waals surface area contributed by atoms with Crippen LogP contribution in [0.4, 0.5) is 10.1 Å². The molecule has 2 nitrogen and oxygen atoms in total. The molecule has 14 heavy (non-hydrogen) atoms. The van der Waals surface area contributed by atoms with Gasteiger partial charge in [-0.3, -0.25) is 4.79 Å². The van der Waals surface area contributed by atoms with Gasteiger partial charge in [-0.2, -0.15) is 0 Å². The Morgan fingerprint density at radius 2 is 2.21 bits per heavy atom. The Labute approximate surface area is 90.6 Å². The summed E-state index contributed by atoms with van der Waals surface area (Å²) in [7, 11) is 0. The normalized spacial score (nSPS) is 12.3. The minimum absolute atomic E-state index is 0.182. The van der Waals surface area contributed by atoms with Gasteiger partial charge in [-0.1, -0.05) is 22.0 Å². The van der Waals surface area contributed by atoms with Crippen LogP contribution < -0.4 is 5.32 Å². The second-order valence-corrected chi connectivity index (χ2v) is 4.44. The van der Waals surface area contributed by atoms with Crippen LogP contribution in [0.2, 0.25) is 0 Å². The lowest BCUT2D eigenvalue weighted by Crippen LogP contribution is -2.20. The molecule has 0 heterocycles. The number of amides is 1. The van der Waals surface area contributed by atoms with Crippen molar-refractivity contribution in [3.05, 3.63) is 29.6 Å². The lowest BCUT2D eigenvalue weighted by atomic mass is 10.2. The van der Waals surface area contributed by atoms with E-state index in [1.165, 1.54) is 12.1 Å². The van der Waals surface area contributed by atoms with E-state index in [4.69, 9.17) is 0 Å². The van der Waals surface area contributed by atoms with E-state index in [1.807, 2.05) is 6.92 Å². The molecule has 4 heteroatoms. The standard InChI is InChI=1S/C10H11BrFNO/c1-6-3-4-8(12)5-9(6)13-10(14)7(2)11/h3-5,7H,1-2H3,(H,13,14). The fraction of sp³-hybridized carbons (Fsp3) is 0.300. The Kier molecular flexibility index (Phi) is 3.63. The predicted octanol–water partition coefficient (Wildman–Crippen LogP) is 2.86. The lowest BCUT2D eigenvalue weighted by molar-refractivity contribution is -0.115. The van der Waals surface area contributed by atoms with Gasteiger partial charge in [-0.25, -0.2) is 4.39 Å². The quantitative estimate of drug-likeness (QED) is 0.814. The van der Waals surface area contributed by atoms with Crippen LogP contribution >= 0.6 is 15.9 Å². The summed E-state index contributed by atoms with van der Waals surface area (Å²) < 4.78 is 12.8. The van der Waals surface area contributed by atoms with Crippen LogP contribution in [-0.4, -0.2) is 10.7 Å². The van der Waals surface area contributed by atoms with Crippen molar-refractivity contribution < 1.29 is 9.18 Å². The molecule has 1 aromatic rings. The minimum Gasteiger partial charge on any atom is -0.325 e. The van der Waals surface area contributed by atoms with Crippen molar-refractivity contribution in [3.63, 3.8) is 0 Å². The van der Waals surface area contributed by atoms with E-state index < -0.39 is 0 Å². The molecule has 0 aliphatic rings. The van der Waals surface area contributed by atoms with E-state index in [2.05, 4.69) is 21.2 Å². The highest BCUT2D eigenvalue weighted by atomic mass is 79.9. The van der Waals surface area contributed by atoms with Crippen molar-refractivity contribution in [1.82, 2.24) is 0 Å². The third-order valence-corrected chi connectivity index (χ3v) is 2.23. The molecule has 0 radical (unpaired) electrons. The maximum atomic E-state index is 12.8. The molecule has 76 valence electrons. The SMILES string of the molecule is Cc1ccc(F)cc1NC(=O)C(C)Br. The number of carbonyl (C=O) groups excluding carboxylic acids is 1. The number of nitrogens with one attached hydrogen (secondary N) is 1. The zero-order valence-corrected chi connectivity index (χ0v) is 9.56. The molecule has 0 bridgehead atoms. The van der Waals surface area contributed by atoms with Crippen molar-refractivity contribution in [2.24, 2.45) is 0 Å². The number of benzene rings is 1. The first kappa shape index (κ1) is 11.2. The summed E-state index contributed by atoms with van der Waals surface area (Å²) in [6.07, 6.45) is 0. The Hall–Kier alpha value is -0.900. The summed E-state index contributed by atoms with van der Waals surface area (Å²) in [5.74, 6) is -0.535. The molecule has 0 aliphatic carbocycles. The summed E-state index contributed by atoms with van der Waals surface area (Å²) in [5, 5.41) is 2.62. The number of anilines is 1. The number of hydrogen-bond donors (Lipinski definition) is 1. The van der Waals surface area contributed by atoms with E-state index in [1.54, 1.807) is 13.0 Å². The monoisotopic (exact) mass is 259 g/mol. The molecule has 1 unspecified atom stereocenters. The Balaban J connectivity index is 2.86. The van der Waals surface area contributed by atoms with Gasteiger partial charge in [0.15, 0.2) is 0 Å². The summed E-state index contributed by atoms with van der Waals surface area (Å²) in [6, 6.07) is 4.30. The predicted molar refractivity (Wildman–Crippen MR) is 58.2 cm³/mol. The van der Waals surface area contributed by atoms with Gasteiger partial charge in [0.05, 0.1) is 4.83 Å². The van der Waals surface area contributed by atoms with Crippen LogP contribution in [0, 0.1) is 12.7 Å². The van der Waals surface area contributed by atoms with Gasteiger partial charge in [-0.05, 0) is 31.5 Å². The molecule has 1 rings (SSSR count). The van der Waals surface area contributed by atoms with Crippen molar-refractivity contribution in [1.29, 1.82) is 0 Å². The second kappa shape index (κ2) is 4.55. The minimum atomic E-state index is -0.354. The molecular formula is C10H11BrFNO. The van der Waals surface area contributed by atoms with Gasteiger partial charge in [0.2, 0.25) is 5.91 Å². The summed E-state index contributed by atoms with van der Waals surface area (Å²) >= 11 is 3.13. The molecule has 0 saturated carbocycles. The van der Waals surface area contributed by atoms with Crippen LogP contribution in [0.25, 0.3) is 0 Å². The van der Waals surface area contributed by atoms with Crippen LogP contribution in [0.3, 0.4) is 0 Å². The highest BCUT2D eigenvalue weighted by Crippen LogP contribution is 2.16. The van der Waals surface area contributed by atoms with Gasteiger partial charge in [0.25, 0.3) is 0 Å². The van der Waals surface area contributed by atoms with Gasteiger partial charge < -0.3 is 5.32 Å². The average Bonchev–Trinajstić information content (AvgIpc) is 2.11. The Bertz CT molecular complexity index is 352. The largest absolute Gasteiger partial charge is 0.325 e.